The third-order valence-electron chi connectivity index (χ3n) is 4.97. The molecule has 1 N–H and O–H groups in total. The predicted octanol–water partition coefficient (Wildman–Crippen LogP) is 1.25. The van der Waals surface area contributed by atoms with Crippen LogP contribution in [0.5, 0.6) is 0 Å². The molecule has 2 saturated heterocycles. The average molecular weight is 338 g/mol. The molecule has 0 aliphatic carbocycles. The molecule has 1 amide bonds. The number of amides is 1. The Hall–Kier alpha value is -1.47. The van der Waals surface area contributed by atoms with Gasteiger partial charge in [0.1, 0.15) is 0 Å². The standard InChI is InChI=1S/C16H22N2O4S/c1-23(21,22)15-5-2-12(10-17-15)16(20)18-13-3-4-14(18)9-11(8-13)6-7-19/h2,5,10-11,13-14,19H,3-4,6-9H2,1H3. The van der Waals surface area contributed by atoms with Crippen molar-refractivity contribution in [1.82, 2.24) is 9.88 Å². The molecule has 1 aromatic rings. The largest absolute Gasteiger partial charge is 0.396 e. The molecule has 2 aliphatic rings. The van der Waals surface area contributed by atoms with Crippen molar-refractivity contribution in [2.75, 3.05) is 12.9 Å². The van der Waals surface area contributed by atoms with E-state index in [1.165, 1.54) is 12.3 Å². The summed E-state index contributed by atoms with van der Waals surface area (Å²) in [5.41, 5.74) is 0.440. The number of aliphatic hydroxyl groups excluding tert-OH is 1. The molecule has 6 nitrogen and oxygen atoms in total. The Labute approximate surface area is 136 Å². The molecule has 1 aromatic heterocycles. The molecule has 0 aromatic carbocycles. The third-order valence-corrected chi connectivity index (χ3v) is 5.97. The minimum absolute atomic E-state index is 0.0151. The van der Waals surface area contributed by atoms with Crippen LogP contribution >= 0.6 is 0 Å². The Morgan fingerprint density at radius 2 is 1.96 bits per heavy atom. The highest BCUT2D eigenvalue weighted by atomic mass is 32.2. The minimum Gasteiger partial charge on any atom is -0.396 e. The van der Waals surface area contributed by atoms with Gasteiger partial charge in [0, 0.05) is 31.1 Å². The third kappa shape index (κ3) is 3.26. The van der Waals surface area contributed by atoms with Crippen molar-refractivity contribution < 1.29 is 18.3 Å². The molecule has 7 heteroatoms. The maximum atomic E-state index is 12.8. The van der Waals surface area contributed by atoms with Crippen LogP contribution in [0.3, 0.4) is 0 Å². The molecule has 23 heavy (non-hydrogen) atoms. The van der Waals surface area contributed by atoms with Crippen LogP contribution in [0.1, 0.15) is 42.5 Å². The normalized spacial score (nSPS) is 27.2. The molecule has 0 radical (unpaired) electrons. The monoisotopic (exact) mass is 338 g/mol. The summed E-state index contributed by atoms with van der Waals surface area (Å²) in [4.78, 5) is 18.6. The van der Waals surface area contributed by atoms with Gasteiger partial charge in [0.2, 0.25) is 0 Å². The molecule has 3 rings (SSSR count). The highest BCUT2D eigenvalue weighted by Crippen LogP contribution is 2.40. The summed E-state index contributed by atoms with van der Waals surface area (Å²) in [5, 5.41) is 9.10. The summed E-state index contributed by atoms with van der Waals surface area (Å²) in [6.45, 7) is 0.203. The molecule has 3 heterocycles. The Balaban J connectivity index is 1.76. The Morgan fingerprint density at radius 3 is 2.43 bits per heavy atom. The molecule has 2 bridgehead atoms. The SMILES string of the molecule is CS(=O)(=O)c1ccc(C(=O)N2C3CCC2CC(CCO)C3)cn1. The second-order valence-corrected chi connectivity index (χ2v) is 8.57. The highest BCUT2D eigenvalue weighted by molar-refractivity contribution is 7.90. The zero-order valence-corrected chi connectivity index (χ0v) is 14.0. The van der Waals surface area contributed by atoms with Crippen LogP contribution in [-0.2, 0) is 9.84 Å². The smallest absolute Gasteiger partial charge is 0.255 e. The number of piperidine rings is 1. The van der Waals surface area contributed by atoms with E-state index in [1.54, 1.807) is 6.07 Å². The van der Waals surface area contributed by atoms with E-state index in [2.05, 4.69) is 4.98 Å². The van der Waals surface area contributed by atoms with Crippen LogP contribution in [0.2, 0.25) is 0 Å². The first kappa shape index (κ1) is 16.4. The van der Waals surface area contributed by atoms with Crippen LogP contribution in [-0.4, -0.2) is 54.3 Å². The molecule has 126 valence electrons. The summed E-state index contributed by atoms with van der Waals surface area (Å²) in [6, 6.07) is 3.40. The van der Waals surface area contributed by atoms with E-state index in [4.69, 9.17) is 5.11 Å². The van der Waals surface area contributed by atoms with Crippen molar-refractivity contribution in [2.24, 2.45) is 5.92 Å². The van der Waals surface area contributed by atoms with Gasteiger partial charge in [0.15, 0.2) is 14.9 Å². The van der Waals surface area contributed by atoms with Crippen molar-refractivity contribution in [3.05, 3.63) is 23.9 Å². The lowest BCUT2D eigenvalue weighted by molar-refractivity contribution is 0.0500. The Kier molecular flexibility index (Phi) is 4.42. The lowest BCUT2D eigenvalue weighted by Gasteiger charge is -2.39. The maximum absolute atomic E-state index is 12.8. The van der Waals surface area contributed by atoms with E-state index in [0.717, 1.165) is 38.4 Å². The molecule has 2 unspecified atom stereocenters. The molecule has 0 saturated carbocycles. The van der Waals surface area contributed by atoms with Crippen LogP contribution < -0.4 is 0 Å². The number of aliphatic hydroxyl groups is 1. The first-order chi connectivity index (χ1) is 10.9. The summed E-state index contributed by atoms with van der Waals surface area (Å²) in [5.74, 6) is 0.430. The lowest BCUT2D eigenvalue weighted by atomic mass is 9.88. The van der Waals surface area contributed by atoms with E-state index in [1.807, 2.05) is 4.90 Å². The first-order valence-electron chi connectivity index (χ1n) is 7.99. The number of rotatable bonds is 4. The lowest BCUT2D eigenvalue weighted by Crippen LogP contribution is -2.46. The van der Waals surface area contributed by atoms with Crippen molar-refractivity contribution in [1.29, 1.82) is 0 Å². The van der Waals surface area contributed by atoms with Gasteiger partial charge in [-0.05, 0) is 50.2 Å². The van der Waals surface area contributed by atoms with Gasteiger partial charge in [0.25, 0.3) is 5.91 Å². The van der Waals surface area contributed by atoms with E-state index >= 15 is 0 Å². The van der Waals surface area contributed by atoms with Gasteiger partial charge in [0.05, 0.1) is 5.56 Å². The number of hydrogen-bond acceptors (Lipinski definition) is 5. The average Bonchev–Trinajstić information content (AvgIpc) is 2.77. The summed E-state index contributed by atoms with van der Waals surface area (Å²) < 4.78 is 22.9. The zero-order valence-electron chi connectivity index (χ0n) is 13.2. The molecule has 2 atom stereocenters. The number of hydrogen-bond donors (Lipinski definition) is 1. The van der Waals surface area contributed by atoms with Crippen LogP contribution in [0, 0.1) is 5.92 Å². The van der Waals surface area contributed by atoms with Gasteiger partial charge >= 0.3 is 0 Å². The minimum atomic E-state index is -3.35. The van der Waals surface area contributed by atoms with Gasteiger partial charge in [-0.15, -0.1) is 0 Å². The second-order valence-electron chi connectivity index (χ2n) is 6.60. The fourth-order valence-electron chi connectivity index (χ4n) is 3.91. The van der Waals surface area contributed by atoms with Gasteiger partial charge < -0.3 is 10.0 Å². The second kappa shape index (κ2) is 6.20. The quantitative estimate of drug-likeness (QED) is 0.893. The number of aromatic nitrogens is 1. The number of nitrogens with zero attached hydrogens (tertiary/aromatic N) is 2. The van der Waals surface area contributed by atoms with Crippen LogP contribution in [0.15, 0.2) is 23.4 Å². The zero-order chi connectivity index (χ0) is 16.6. The summed E-state index contributed by atoms with van der Waals surface area (Å²) in [6.07, 6.45) is 7.16. The van der Waals surface area contributed by atoms with Crippen molar-refractivity contribution >= 4 is 15.7 Å². The van der Waals surface area contributed by atoms with Gasteiger partial charge in [-0.1, -0.05) is 0 Å². The van der Waals surface area contributed by atoms with E-state index in [9.17, 15) is 13.2 Å². The van der Waals surface area contributed by atoms with E-state index < -0.39 is 9.84 Å². The number of sulfone groups is 1. The van der Waals surface area contributed by atoms with Crippen molar-refractivity contribution in [2.45, 2.75) is 49.2 Å². The first-order valence-corrected chi connectivity index (χ1v) is 9.89. The summed E-state index contributed by atoms with van der Waals surface area (Å²) in [7, 11) is -3.35. The van der Waals surface area contributed by atoms with Gasteiger partial charge in [-0.25, -0.2) is 13.4 Å². The van der Waals surface area contributed by atoms with Crippen molar-refractivity contribution in [3.63, 3.8) is 0 Å². The van der Waals surface area contributed by atoms with E-state index in [0.29, 0.717) is 11.5 Å². The van der Waals surface area contributed by atoms with Crippen molar-refractivity contribution in [3.8, 4) is 0 Å². The molecule has 0 spiro atoms. The molecule has 2 aliphatic heterocycles. The number of fused-ring (bicyclic) bond motifs is 2. The molecular weight excluding hydrogens is 316 g/mol. The number of carbonyl (C=O) groups excluding carboxylic acids is 1. The molecule has 2 fully saturated rings. The fraction of sp³-hybridized carbons (Fsp3) is 0.625. The van der Waals surface area contributed by atoms with Gasteiger partial charge in [-0.3, -0.25) is 4.79 Å². The number of pyridine rings is 1. The fourth-order valence-corrected chi connectivity index (χ4v) is 4.47. The molecular formula is C16H22N2O4S. The van der Waals surface area contributed by atoms with Crippen LogP contribution in [0.4, 0.5) is 0 Å². The number of carbonyl (C=O) groups is 1. The topological polar surface area (TPSA) is 87.6 Å². The summed E-state index contributed by atoms with van der Waals surface area (Å²) >= 11 is 0. The van der Waals surface area contributed by atoms with E-state index in [-0.39, 0.29) is 29.6 Å². The Bertz CT molecular complexity index is 673. The highest BCUT2D eigenvalue weighted by Gasteiger charge is 2.43. The Morgan fingerprint density at radius 1 is 1.30 bits per heavy atom. The van der Waals surface area contributed by atoms with Gasteiger partial charge in [-0.2, -0.15) is 0 Å². The maximum Gasteiger partial charge on any atom is 0.255 e. The predicted molar refractivity (Wildman–Crippen MR) is 84.8 cm³/mol. The van der Waals surface area contributed by atoms with Crippen LogP contribution in [0.25, 0.3) is 0 Å².